The number of benzene rings is 1. The van der Waals surface area contributed by atoms with Gasteiger partial charge in [-0.25, -0.2) is 9.78 Å². The van der Waals surface area contributed by atoms with Gasteiger partial charge in [0.15, 0.2) is 0 Å². The summed E-state index contributed by atoms with van der Waals surface area (Å²) in [7, 11) is 0. The number of nitrogens with zero attached hydrogens (tertiary/aromatic N) is 2. The van der Waals surface area contributed by atoms with Gasteiger partial charge in [-0.3, -0.25) is 9.59 Å². The lowest BCUT2D eigenvalue weighted by molar-refractivity contribution is -0.171. The number of hydrogen-bond donors (Lipinski definition) is 1. The summed E-state index contributed by atoms with van der Waals surface area (Å²) in [5.41, 5.74) is 4.30. The maximum Gasteiger partial charge on any atom is 0.352 e. The first-order valence-corrected chi connectivity index (χ1v) is 11.2. The van der Waals surface area contributed by atoms with Crippen molar-refractivity contribution in [3.8, 4) is 17.1 Å². The minimum atomic E-state index is -1.26. The van der Waals surface area contributed by atoms with Crippen LogP contribution in [0.25, 0.3) is 22.3 Å². The zero-order chi connectivity index (χ0) is 23.3. The first-order chi connectivity index (χ1) is 15.9. The Bertz CT molecular complexity index is 1370. The Morgan fingerprint density at radius 2 is 2.06 bits per heavy atom. The monoisotopic (exact) mass is 448 g/mol. The number of carbonyl (C=O) groups is 2. The Labute approximate surface area is 189 Å². The summed E-state index contributed by atoms with van der Waals surface area (Å²) >= 11 is 0. The topological polar surface area (TPSA) is 108 Å². The van der Waals surface area contributed by atoms with Crippen molar-refractivity contribution in [2.24, 2.45) is 0 Å². The zero-order valence-electron chi connectivity index (χ0n) is 18.5. The molecular weight excluding hydrogens is 424 g/mol. The summed E-state index contributed by atoms with van der Waals surface area (Å²) in [6.07, 6.45) is 1.11. The van der Waals surface area contributed by atoms with Crippen LogP contribution in [0.5, 0.6) is 5.75 Å². The van der Waals surface area contributed by atoms with Crippen LogP contribution in [0.1, 0.15) is 61.5 Å². The molecular formula is C25H24N2O6. The van der Waals surface area contributed by atoms with E-state index in [9.17, 15) is 19.5 Å². The van der Waals surface area contributed by atoms with E-state index in [0.29, 0.717) is 47.4 Å². The predicted octanol–water partition coefficient (Wildman–Crippen LogP) is 3.52. The second kappa shape index (κ2) is 8.03. The van der Waals surface area contributed by atoms with Crippen LogP contribution in [0.4, 0.5) is 0 Å². The molecule has 0 saturated heterocycles. The molecule has 2 aliphatic heterocycles. The Kier molecular flexibility index (Phi) is 5.15. The lowest BCUT2D eigenvalue weighted by Gasteiger charge is -2.25. The van der Waals surface area contributed by atoms with Crippen molar-refractivity contribution in [3.63, 3.8) is 0 Å². The number of aromatic hydroxyl groups is 1. The average Bonchev–Trinajstić information content (AvgIpc) is 3.16. The maximum absolute atomic E-state index is 13.4. The number of phenolic OH excluding ortho intramolecular Hbond substituents is 1. The van der Waals surface area contributed by atoms with Gasteiger partial charge >= 0.3 is 11.9 Å². The van der Waals surface area contributed by atoms with Crippen molar-refractivity contribution in [2.75, 3.05) is 0 Å². The van der Waals surface area contributed by atoms with Crippen molar-refractivity contribution >= 4 is 22.8 Å². The van der Waals surface area contributed by atoms with E-state index in [1.807, 2.05) is 13.8 Å². The number of unbranched alkanes of at least 4 members (excludes halogenated alkanes) is 1. The summed E-state index contributed by atoms with van der Waals surface area (Å²) in [5.74, 6) is -1.01. The number of pyridine rings is 2. The smallest absolute Gasteiger partial charge is 0.352 e. The van der Waals surface area contributed by atoms with Crippen LogP contribution < -0.4 is 5.56 Å². The fourth-order valence-corrected chi connectivity index (χ4v) is 4.71. The molecule has 2 aromatic heterocycles. The summed E-state index contributed by atoms with van der Waals surface area (Å²) in [5, 5.41) is 10.8. The van der Waals surface area contributed by atoms with Crippen LogP contribution >= 0.6 is 0 Å². The van der Waals surface area contributed by atoms with Crippen molar-refractivity contribution < 1.29 is 24.2 Å². The van der Waals surface area contributed by atoms with Crippen LogP contribution in [-0.2, 0) is 38.6 Å². The van der Waals surface area contributed by atoms with Crippen LogP contribution in [0.2, 0.25) is 0 Å². The van der Waals surface area contributed by atoms with Crippen molar-refractivity contribution in [1.82, 2.24) is 9.55 Å². The van der Waals surface area contributed by atoms with E-state index < -0.39 is 18.0 Å². The number of rotatable bonds is 5. The zero-order valence-corrected chi connectivity index (χ0v) is 18.5. The predicted molar refractivity (Wildman–Crippen MR) is 120 cm³/mol. The van der Waals surface area contributed by atoms with Gasteiger partial charge in [0.25, 0.3) is 5.56 Å². The molecule has 8 heteroatoms. The number of aryl methyl sites for hydroxylation is 1. The van der Waals surface area contributed by atoms with Gasteiger partial charge in [-0.15, -0.1) is 0 Å². The first-order valence-electron chi connectivity index (χ1n) is 11.2. The molecule has 170 valence electrons. The van der Waals surface area contributed by atoms with E-state index in [1.54, 1.807) is 28.8 Å². The Hall–Kier alpha value is -3.68. The van der Waals surface area contributed by atoms with Crippen molar-refractivity contribution in [1.29, 1.82) is 0 Å². The SMILES string of the molecule is CCCCC(=O)OC1C(=O)OCc2c1cc1n(c2=O)Cc2c-1nc1ccc(O)cc1c2CC. The highest BCUT2D eigenvalue weighted by Crippen LogP contribution is 2.39. The van der Waals surface area contributed by atoms with E-state index in [4.69, 9.17) is 14.5 Å². The van der Waals surface area contributed by atoms with E-state index in [1.165, 1.54) is 0 Å². The average molecular weight is 448 g/mol. The molecule has 5 rings (SSSR count). The van der Waals surface area contributed by atoms with Gasteiger partial charge in [0, 0.05) is 22.9 Å². The fourth-order valence-electron chi connectivity index (χ4n) is 4.71. The van der Waals surface area contributed by atoms with Crippen LogP contribution in [0.15, 0.2) is 29.1 Å². The Morgan fingerprint density at radius 3 is 2.82 bits per heavy atom. The lowest BCUT2D eigenvalue weighted by Crippen LogP contribution is -2.34. The van der Waals surface area contributed by atoms with Gasteiger partial charge in [-0.05, 0) is 42.7 Å². The van der Waals surface area contributed by atoms with Crippen molar-refractivity contribution in [3.05, 3.63) is 56.9 Å². The van der Waals surface area contributed by atoms with E-state index in [0.717, 1.165) is 22.9 Å². The number of esters is 2. The molecule has 2 aliphatic rings. The highest BCUT2D eigenvalue weighted by Gasteiger charge is 2.37. The number of cyclic esters (lactones) is 1. The third-order valence-electron chi connectivity index (χ3n) is 6.37. The second-order valence-corrected chi connectivity index (χ2v) is 8.41. The molecule has 0 fully saturated rings. The number of aromatic nitrogens is 2. The third-order valence-corrected chi connectivity index (χ3v) is 6.37. The molecule has 1 unspecified atom stereocenters. The number of ether oxygens (including phenoxy) is 2. The summed E-state index contributed by atoms with van der Waals surface area (Å²) in [4.78, 5) is 42.9. The number of fused-ring (bicyclic) bond motifs is 5. The van der Waals surface area contributed by atoms with Crippen LogP contribution in [-0.4, -0.2) is 26.6 Å². The lowest BCUT2D eigenvalue weighted by atomic mass is 9.97. The molecule has 1 aromatic carbocycles. The minimum Gasteiger partial charge on any atom is -0.508 e. The first kappa shape index (κ1) is 21.2. The molecule has 0 spiro atoms. The molecule has 0 saturated carbocycles. The largest absolute Gasteiger partial charge is 0.508 e. The number of carbonyl (C=O) groups excluding carboxylic acids is 2. The second-order valence-electron chi connectivity index (χ2n) is 8.41. The summed E-state index contributed by atoms with van der Waals surface area (Å²) in [6.45, 7) is 4.17. The van der Waals surface area contributed by atoms with Crippen molar-refractivity contribution in [2.45, 2.75) is 58.8 Å². The number of phenols is 1. The van der Waals surface area contributed by atoms with Gasteiger partial charge in [0.2, 0.25) is 6.10 Å². The maximum atomic E-state index is 13.4. The number of hydrogen-bond acceptors (Lipinski definition) is 7. The molecule has 0 bridgehead atoms. The van der Waals surface area contributed by atoms with Crippen LogP contribution in [0.3, 0.4) is 0 Å². The van der Waals surface area contributed by atoms with Gasteiger partial charge < -0.3 is 19.1 Å². The Morgan fingerprint density at radius 1 is 1.24 bits per heavy atom. The van der Waals surface area contributed by atoms with E-state index in [-0.39, 0.29) is 24.3 Å². The molecule has 8 nitrogen and oxygen atoms in total. The molecule has 1 N–H and O–H groups in total. The van der Waals surface area contributed by atoms with Gasteiger partial charge in [-0.1, -0.05) is 20.3 Å². The van der Waals surface area contributed by atoms with Gasteiger partial charge in [-0.2, -0.15) is 0 Å². The molecule has 0 radical (unpaired) electrons. The third kappa shape index (κ3) is 3.37. The van der Waals surface area contributed by atoms with E-state index >= 15 is 0 Å². The quantitative estimate of drug-likeness (QED) is 0.465. The summed E-state index contributed by atoms with van der Waals surface area (Å²) in [6, 6.07) is 6.76. The minimum absolute atomic E-state index is 0.156. The van der Waals surface area contributed by atoms with Gasteiger partial charge in [0.05, 0.1) is 29.0 Å². The highest BCUT2D eigenvalue weighted by atomic mass is 16.6. The molecule has 3 aromatic rings. The molecule has 0 amide bonds. The Balaban J connectivity index is 1.66. The summed E-state index contributed by atoms with van der Waals surface area (Å²) < 4.78 is 12.3. The molecule has 33 heavy (non-hydrogen) atoms. The normalized spacial score (nSPS) is 16.2. The fraction of sp³-hybridized carbons (Fsp3) is 0.360. The standard InChI is InChI=1S/C25H24N2O6/c1-3-5-6-21(29)33-23-16-10-20-22-17(11-27(20)24(30)18(16)12-32-25(23)31)14(4-2)15-9-13(28)7-8-19(15)26-22/h7-10,23,28H,3-6,11-12H2,1-2H3. The molecule has 0 aliphatic carbocycles. The van der Waals surface area contributed by atoms with Gasteiger partial charge in [0.1, 0.15) is 12.4 Å². The van der Waals surface area contributed by atoms with E-state index in [2.05, 4.69) is 0 Å². The molecule has 4 heterocycles. The molecule has 1 atom stereocenters. The highest BCUT2D eigenvalue weighted by molar-refractivity contribution is 5.89. The van der Waals surface area contributed by atoms with Crippen LogP contribution in [0, 0.1) is 0 Å².